The number of likely N-dealkylation sites (N-methyl/N-ethyl adjacent to an activating group) is 1. The van der Waals surface area contributed by atoms with Crippen LogP contribution >= 0.6 is 0 Å². The summed E-state index contributed by atoms with van der Waals surface area (Å²) in [6.07, 6.45) is 7.21. The lowest BCUT2D eigenvalue weighted by Gasteiger charge is -2.12. The Kier molecular flexibility index (Phi) is 7.41. The molecule has 0 atom stereocenters. The smallest absolute Gasteiger partial charge is 0.159 e. The molecule has 4 N–H and O–H groups in total. The van der Waals surface area contributed by atoms with E-state index >= 15 is 0 Å². The van der Waals surface area contributed by atoms with Crippen molar-refractivity contribution >= 4 is 27.6 Å². The molecule has 2 aromatic carbocycles. The number of rotatable bonds is 10. The monoisotopic (exact) mass is 549 g/mol. The predicted octanol–water partition coefficient (Wildman–Crippen LogP) is 5.45. The van der Waals surface area contributed by atoms with Crippen molar-refractivity contribution in [3.05, 3.63) is 78.6 Å². The van der Waals surface area contributed by atoms with Gasteiger partial charge in [0.05, 0.1) is 22.7 Å². The third-order valence-corrected chi connectivity index (χ3v) is 6.99. The third-order valence-electron chi connectivity index (χ3n) is 6.99. The molecule has 6 aromatic rings. The minimum absolute atomic E-state index is 0.322. The molecule has 0 saturated carbocycles. The first-order chi connectivity index (χ1) is 20.0. The number of anilines is 1. The highest BCUT2D eigenvalue weighted by Gasteiger charge is 2.17. The Bertz CT molecular complexity index is 1820. The first-order valence-corrected chi connectivity index (χ1v) is 13.7. The van der Waals surface area contributed by atoms with Crippen LogP contribution in [0.1, 0.15) is 12.5 Å². The highest BCUT2D eigenvalue weighted by atomic mass is 19.1. The van der Waals surface area contributed by atoms with Gasteiger partial charge < -0.3 is 20.5 Å². The van der Waals surface area contributed by atoms with Crippen LogP contribution in [0.2, 0.25) is 0 Å². The second-order valence-corrected chi connectivity index (χ2v) is 10.3. The van der Waals surface area contributed by atoms with Gasteiger partial charge >= 0.3 is 0 Å². The molecule has 10 heteroatoms. The van der Waals surface area contributed by atoms with Gasteiger partial charge in [-0.3, -0.25) is 15.1 Å². The van der Waals surface area contributed by atoms with Crippen molar-refractivity contribution < 1.29 is 4.39 Å². The van der Waals surface area contributed by atoms with Crippen LogP contribution in [0, 0.1) is 5.82 Å². The van der Waals surface area contributed by atoms with Crippen molar-refractivity contribution in [2.45, 2.75) is 13.5 Å². The second-order valence-electron chi connectivity index (χ2n) is 10.3. The summed E-state index contributed by atoms with van der Waals surface area (Å²) in [5, 5.41) is 15.3. The van der Waals surface area contributed by atoms with Gasteiger partial charge in [-0.25, -0.2) is 9.37 Å². The van der Waals surface area contributed by atoms with Gasteiger partial charge in [-0.1, -0.05) is 13.0 Å². The van der Waals surface area contributed by atoms with E-state index < -0.39 is 0 Å². The number of imidazole rings is 1. The molecule has 4 aromatic heterocycles. The molecule has 0 bridgehead atoms. The van der Waals surface area contributed by atoms with Gasteiger partial charge in [0, 0.05) is 60.4 Å². The van der Waals surface area contributed by atoms with Gasteiger partial charge in [-0.05, 0) is 73.7 Å². The van der Waals surface area contributed by atoms with Crippen LogP contribution in [0.3, 0.4) is 0 Å². The molecule has 0 fully saturated rings. The second kappa shape index (κ2) is 11.4. The zero-order valence-corrected chi connectivity index (χ0v) is 23.3. The number of fused-ring (bicyclic) bond motifs is 2. The van der Waals surface area contributed by atoms with Crippen LogP contribution < -0.4 is 10.6 Å². The number of aromatic nitrogens is 6. The van der Waals surface area contributed by atoms with E-state index in [2.05, 4.69) is 65.8 Å². The summed E-state index contributed by atoms with van der Waals surface area (Å²) in [6, 6.07) is 13.3. The Morgan fingerprint density at radius 3 is 2.63 bits per heavy atom. The molecule has 0 radical (unpaired) electrons. The van der Waals surface area contributed by atoms with E-state index in [1.54, 1.807) is 12.4 Å². The molecule has 0 aliphatic rings. The van der Waals surface area contributed by atoms with Crippen LogP contribution in [-0.2, 0) is 6.54 Å². The average molecular weight is 550 g/mol. The molecule has 0 spiro atoms. The molecule has 4 heterocycles. The number of nitrogens with one attached hydrogen (secondary N) is 4. The molecular formula is C31H32FN9. The SMILES string of the molecule is CCNCc1cncc(-c2ccc3[nH]nc(-c4nc5c(-c6cc(F)cc(NCCN(C)C)c6)cncc5[nH]4)c3c2)c1. The summed E-state index contributed by atoms with van der Waals surface area (Å²) in [7, 11) is 4.01. The number of hydrogen-bond donors (Lipinski definition) is 4. The van der Waals surface area contributed by atoms with Gasteiger partial charge in [-0.15, -0.1) is 0 Å². The topological polar surface area (TPSA) is 110 Å². The molecule has 0 unspecified atom stereocenters. The van der Waals surface area contributed by atoms with Crippen molar-refractivity contribution in [1.82, 2.24) is 40.3 Å². The quantitative estimate of drug-likeness (QED) is 0.180. The van der Waals surface area contributed by atoms with Crippen LogP contribution in [0.15, 0.2) is 67.3 Å². The molecule has 0 amide bonds. The summed E-state index contributed by atoms with van der Waals surface area (Å²) in [5.41, 5.74) is 8.40. The zero-order valence-electron chi connectivity index (χ0n) is 23.3. The molecule has 0 aliphatic heterocycles. The van der Waals surface area contributed by atoms with Crippen molar-refractivity contribution in [2.75, 3.05) is 39.0 Å². The maximum absolute atomic E-state index is 14.6. The number of H-pyrrole nitrogens is 2. The summed E-state index contributed by atoms with van der Waals surface area (Å²) < 4.78 is 14.6. The van der Waals surface area contributed by atoms with Gasteiger partial charge in [0.15, 0.2) is 5.82 Å². The molecule has 0 aliphatic carbocycles. The van der Waals surface area contributed by atoms with Crippen molar-refractivity contribution in [2.24, 2.45) is 0 Å². The molecule has 41 heavy (non-hydrogen) atoms. The fourth-order valence-electron chi connectivity index (χ4n) is 4.91. The zero-order chi connectivity index (χ0) is 28.3. The van der Waals surface area contributed by atoms with Crippen molar-refractivity contribution in [3.8, 4) is 33.8 Å². The maximum Gasteiger partial charge on any atom is 0.159 e. The fraction of sp³-hybridized carbons (Fsp3) is 0.226. The van der Waals surface area contributed by atoms with E-state index in [1.165, 1.54) is 12.1 Å². The van der Waals surface area contributed by atoms with E-state index in [0.717, 1.165) is 58.3 Å². The van der Waals surface area contributed by atoms with E-state index in [-0.39, 0.29) is 5.82 Å². The summed E-state index contributed by atoms with van der Waals surface area (Å²) in [4.78, 5) is 19.2. The molecule has 6 rings (SSSR count). The van der Waals surface area contributed by atoms with Crippen LogP contribution in [0.4, 0.5) is 10.1 Å². The molecule has 9 nitrogen and oxygen atoms in total. The van der Waals surface area contributed by atoms with Gasteiger partial charge in [0.2, 0.25) is 0 Å². The normalized spacial score (nSPS) is 11.6. The summed E-state index contributed by atoms with van der Waals surface area (Å²) in [6.45, 7) is 5.29. The van der Waals surface area contributed by atoms with Gasteiger partial charge in [0.1, 0.15) is 11.5 Å². The van der Waals surface area contributed by atoms with Crippen molar-refractivity contribution in [3.63, 3.8) is 0 Å². The first kappa shape index (κ1) is 26.5. The number of benzene rings is 2. The Morgan fingerprint density at radius 1 is 0.902 bits per heavy atom. The Labute approximate surface area is 237 Å². The highest BCUT2D eigenvalue weighted by molar-refractivity contribution is 5.98. The summed E-state index contributed by atoms with van der Waals surface area (Å²) in [5.74, 6) is 0.287. The molecule has 208 valence electrons. The van der Waals surface area contributed by atoms with E-state index in [1.807, 2.05) is 38.6 Å². The highest BCUT2D eigenvalue weighted by Crippen LogP contribution is 2.33. The molecule has 0 saturated heterocycles. The number of halogens is 1. The number of hydrogen-bond acceptors (Lipinski definition) is 7. The number of nitrogens with zero attached hydrogens (tertiary/aromatic N) is 5. The van der Waals surface area contributed by atoms with Gasteiger partial charge in [-0.2, -0.15) is 5.10 Å². The maximum atomic E-state index is 14.6. The third kappa shape index (κ3) is 5.65. The van der Waals surface area contributed by atoms with Gasteiger partial charge in [0.25, 0.3) is 0 Å². The lowest BCUT2D eigenvalue weighted by molar-refractivity contribution is 0.425. The van der Waals surface area contributed by atoms with Crippen LogP contribution in [-0.4, -0.2) is 68.8 Å². The first-order valence-electron chi connectivity index (χ1n) is 13.7. The average Bonchev–Trinajstić information content (AvgIpc) is 3.59. The number of pyridine rings is 2. The lowest BCUT2D eigenvalue weighted by atomic mass is 10.0. The Morgan fingerprint density at radius 2 is 1.78 bits per heavy atom. The number of aromatic amines is 2. The minimum Gasteiger partial charge on any atom is -0.384 e. The van der Waals surface area contributed by atoms with E-state index in [4.69, 9.17) is 4.98 Å². The van der Waals surface area contributed by atoms with E-state index in [9.17, 15) is 4.39 Å². The molecular weight excluding hydrogens is 517 g/mol. The van der Waals surface area contributed by atoms with Crippen molar-refractivity contribution in [1.29, 1.82) is 0 Å². The minimum atomic E-state index is -0.322. The largest absolute Gasteiger partial charge is 0.384 e. The Balaban J connectivity index is 1.37. The summed E-state index contributed by atoms with van der Waals surface area (Å²) >= 11 is 0. The van der Waals surface area contributed by atoms with Crippen LogP contribution in [0.25, 0.3) is 55.7 Å². The Hall–Kier alpha value is -4.67. The predicted molar refractivity (Wildman–Crippen MR) is 162 cm³/mol. The van der Waals surface area contributed by atoms with E-state index in [0.29, 0.717) is 34.8 Å². The fourth-order valence-corrected chi connectivity index (χ4v) is 4.91. The van der Waals surface area contributed by atoms with Crippen LogP contribution in [0.5, 0.6) is 0 Å². The lowest BCUT2D eigenvalue weighted by Crippen LogP contribution is -2.20. The standard InChI is InChI=1S/C31H32FN9/c1-4-33-14-19-9-22(16-34-15-19)20-5-6-27-25(12-20)30(40-39-27)31-37-28-18-35-17-26(29(28)38-31)21-10-23(32)13-24(11-21)36-7-8-41(2)3/h5-6,9-13,15-18,33,36H,4,7-8,14H2,1-3H3,(H,37,38)(H,39,40).